The van der Waals surface area contributed by atoms with E-state index in [1.165, 1.54) is 22.5 Å². The first-order valence-electron chi connectivity index (χ1n) is 11.3. The number of nitrogens with one attached hydrogen (secondary N) is 1. The van der Waals surface area contributed by atoms with E-state index in [2.05, 4.69) is 5.32 Å². The largest absolute Gasteiger partial charge is 0.495 e. The second kappa shape index (κ2) is 10.6. The van der Waals surface area contributed by atoms with Crippen molar-refractivity contribution in [3.8, 4) is 5.75 Å². The van der Waals surface area contributed by atoms with Gasteiger partial charge in [0.1, 0.15) is 22.5 Å². The van der Waals surface area contributed by atoms with E-state index in [1.54, 1.807) is 13.2 Å². The van der Waals surface area contributed by atoms with Crippen molar-refractivity contribution in [3.63, 3.8) is 0 Å². The lowest BCUT2D eigenvalue weighted by Crippen LogP contribution is -2.51. The Balaban J connectivity index is 1.56. The molecule has 184 valence electrons. The lowest BCUT2D eigenvalue weighted by atomic mass is 10.0. The number of carbonyl (C=O) groups is 1. The monoisotopic (exact) mass is 497 g/mol. The van der Waals surface area contributed by atoms with Gasteiger partial charge in [0.2, 0.25) is 15.9 Å². The molecule has 1 aliphatic rings. The fourth-order valence-corrected chi connectivity index (χ4v) is 5.77. The highest BCUT2D eigenvalue weighted by atomic mass is 32.2. The quantitative estimate of drug-likeness (QED) is 0.537. The van der Waals surface area contributed by atoms with Gasteiger partial charge in [-0.05, 0) is 42.3 Å². The molecule has 9 heteroatoms. The summed E-state index contributed by atoms with van der Waals surface area (Å²) in [5.74, 6) is -0.467. The lowest BCUT2D eigenvalue weighted by molar-refractivity contribution is -0.122. The molecule has 0 bridgehead atoms. The summed E-state index contributed by atoms with van der Waals surface area (Å²) < 4.78 is 46.9. The number of aryl methyl sites for hydroxylation is 1. The van der Waals surface area contributed by atoms with Crippen molar-refractivity contribution in [2.24, 2.45) is 0 Å². The molecule has 1 atom stereocenters. The molecule has 0 saturated carbocycles. The number of halogens is 1. The van der Waals surface area contributed by atoms with Crippen LogP contribution in [0, 0.1) is 12.7 Å². The second-order valence-electron chi connectivity index (χ2n) is 8.38. The number of hydrogen-bond donors (Lipinski definition) is 1. The minimum absolute atomic E-state index is 0.140. The van der Waals surface area contributed by atoms with Crippen LogP contribution >= 0.6 is 0 Å². The highest BCUT2D eigenvalue weighted by Crippen LogP contribution is 2.30. The minimum Gasteiger partial charge on any atom is -0.495 e. The van der Waals surface area contributed by atoms with Crippen LogP contribution in [0.2, 0.25) is 0 Å². The molecule has 1 amide bonds. The summed E-state index contributed by atoms with van der Waals surface area (Å²) in [6, 6.07) is 19.6. The maximum absolute atomic E-state index is 14.2. The fourth-order valence-electron chi connectivity index (χ4n) is 4.28. The van der Waals surface area contributed by atoms with E-state index in [0.29, 0.717) is 24.5 Å². The van der Waals surface area contributed by atoms with Gasteiger partial charge < -0.3 is 10.1 Å². The summed E-state index contributed by atoms with van der Waals surface area (Å²) in [5.41, 5.74) is 2.34. The van der Waals surface area contributed by atoms with Crippen LogP contribution in [0.5, 0.6) is 5.75 Å². The normalized spacial score (nSPS) is 16.0. The van der Waals surface area contributed by atoms with Crippen LogP contribution in [0.25, 0.3) is 0 Å². The molecule has 1 N–H and O–H groups in total. The van der Waals surface area contributed by atoms with Gasteiger partial charge in [0.25, 0.3) is 0 Å². The molecular weight excluding hydrogens is 469 g/mol. The van der Waals surface area contributed by atoms with E-state index in [4.69, 9.17) is 4.74 Å². The predicted octanol–water partition coefficient (Wildman–Crippen LogP) is 3.83. The van der Waals surface area contributed by atoms with Crippen LogP contribution in [-0.4, -0.2) is 56.8 Å². The third kappa shape index (κ3) is 5.37. The van der Waals surface area contributed by atoms with Gasteiger partial charge >= 0.3 is 0 Å². The molecule has 0 aliphatic carbocycles. The van der Waals surface area contributed by atoms with Gasteiger partial charge in [-0.2, -0.15) is 4.31 Å². The van der Waals surface area contributed by atoms with Crippen LogP contribution in [0.4, 0.5) is 10.1 Å². The number of sulfonamides is 1. The maximum Gasteiger partial charge on any atom is 0.246 e. The SMILES string of the molecule is COc1ccc(C)cc1NC(=O)[C@@H](c1ccccc1)N1CCN(S(=O)(=O)c2ccccc2F)CC1. The molecule has 0 spiro atoms. The number of ether oxygens (including phenoxy) is 1. The topological polar surface area (TPSA) is 79.0 Å². The summed E-state index contributed by atoms with van der Waals surface area (Å²) in [6.07, 6.45) is 0. The molecule has 3 aromatic carbocycles. The number of amides is 1. The van der Waals surface area contributed by atoms with E-state index in [0.717, 1.165) is 17.2 Å². The Labute approximate surface area is 205 Å². The lowest BCUT2D eigenvalue weighted by Gasteiger charge is -2.38. The summed E-state index contributed by atoms with van der Waals surface area (Å²) in [5, 5.41) is 2.99. The molecule has 1 heterocycles. The number of methoxy groups -OCH3 is 1. The van der Waals surface area contributed by atoms with Crippen LogP contribution in [0.1, 0.15) is 17.2 Å². The van der Waals surface area contributed by atoms with Crippen molar-refractivity contribution in [1.82, 2.24) is 9.21 Å². The van der Waals surface area contributed by atoms with E-state index in [9.17, 15) is 17.6 Å². The number of piperazine rings is 1. The Morgan fingerprint density at radius 1 is 0.971 bits per heavy atom. The van der Waals surface area contributed by atoms with Crippen LogP contribution in [0.15, 0.2) is 77.7 Å². The van der Waals surface area contributed by atoms with Gasteiger partial charge in [-0.15, -0.1) is 0 Å². The Morgan fingerprint density at radius 2 is 1.63 bits per heavy atom. The van der Waals surface area contributed by atoms with Gasteiger partial charge in [-0.25, -0.2) is 12.8 Å². The Morgan fingerprint density at radius 3 is 2.29 bits per heavy atom. The maximum atomic E-state index is 14.2. The standard InChI is InChI=1S/C26H28FN3O4S/c1-19-12-13-23(34-2)22(18-19)28-26(31)25(20-8-4-3-5-9-20)29-14-16-30(17-15-29)35(32,33)24-11-7-6-10-21(24)27/h3-13,18,25H,14-17H2,1-2H3,(H,28,31)/t25-/m1/s1. The van der Waals surface area contributed by atoms with Gasteiger partial charge in [-0.3, -0.25) is 9.69 Å². The van der Waals surface area contributed by atoms with E-state index >= 15 is 0 Å². The molecule has 7 nitrogen and oxygen atoms in total. The number of carbonyl (C=O) groups excluding carboxylic acids is 1. The zero-order valence-corrected chi connectivity index (χ0v) is 20.5. The second-order valence-corrected chi connectivity index (χ2v) is 10.3. The number of nitrogens with zero attached hydrogens (tertiary/aromatic N) is 2. The predicted molar refractivity (Wildman–Crippen MR) is 132 cm³/mol. The minimum atomic E-state index is -3.97. The molecule has 1 saturated heterocycles. The first kappa shape index (κ1) is 24.8. The van der Waals surface area contributed by atoms with Gasteiger partial charge in [0, 0.05) is 26.2 Å². The van der Waals surface area contributed by atoms with Crippen molar-refractivity contribution >= 4 is 21.6 Å². The van der Waals surface area contributed by atoms with Crippen molar-refractivity contribution in [1.29, 1.82) is 0 Å². The van der Waals surface area contributed by atoms with Gasteiger partial charge in [0.05, 0.1) is 12.8 Å². The van der Waals surface area contributed by atoms with Crippen molar-refractivity contribution in [2.45, 2.75) is 17.9 Å². The van der Waals surface area contributed by atoms with Crippen LogP contribution in [-0.2, 0) is 14.8 Å². The van der Waals surface area contributed by atoms with E-state index in [-0.39, 0.29) is 23.9 Å². The van der Waals surface area contributed by atoms with E-state index < -0.39 is 21.9 Å². The number of anilines is 1. The molecule has 0 radical (unpaired) electrons. The number of benzene rings is 3. The molecule has 35 heavy (non-hydrogen) atoms. The van der Waals surface area contributed by atoms with Crippen molar-refractivity contribution in [3.05, 3.63) is 89.7 Å². The van der Waals surface area contributed by atoms with Crippen LogP contribution < -0.4 is 10.1 Å². The highest BCUT2D eigenvalue weighted by molar-refractivity contribution is 7.89. The molecule has 0 aromatic heterocycles. The molecule has 1 aliphatic heterocycles. The molecule has 4 rings (SSSR count). The Kier molecular flexibility index (Phi) is 7.49. The first-order chi connectivity index (χ1) is 16.8. The zero-order valence-electron chi connectivity index (χ0n) is 19.6. The smallest absolute Gasteiger partial charge is 0.246 e. The summed E-state index contributed by atoms with van der Waals surface area (Å²) >= 11 is 0. The van der Waals surface area contributed by atoms with Crippen molar-refractivity contribution in [2.75, 3.05) is 38.6 Å². The summed E-state index contributed by atoms with van der Waals surface area (Å²) in [4.78, 5) is 15.2. The number of rotatable bonds is 7. The Bertz CT molecular complexity index is 1290. The summed E-state index contributed by atoms with van der Waals surface area (Å²) in [6.45, 7) is 2.83. The molecule has 0 unspecified atom stereocenters. The summed E-state index contributed by atoms with van der Waals surface area (Å²) in [7, 11) is -2.43. The zero-order chi connectivity index (χ0) is 25.0. The van der Waals surface area contributed by atoms with E-state index in [1.807, 2.05) is 54.3 Å². The average Bonchev–Trinajstić information content (AvgIpc) is 2.85. The average molecular weight is 498 g/mol. The van der Waals surface area contributed by atoms with Gasteiger partial charge in [-0.1, -0.05) is 48.5 Å². The fraction of sp³-hybridized carbons (Fsp3) is 0.269. The van der Waals surface area contributed by atoms with Gasteiger partial charge in [0.15, 0.2) is 0 Å². The van der Waals surface area contributed by atoms with Crippen LogP contribution in [0.3, 0.4) is 0 Å². The van der Waals surface area contributed by atoms with Crippen molar-refractivity contribution < 1.29 is 22.3 Å². The third-order valence-corrected chi connectivity index (χ3v) is 8.00. The molecular formula is C26H28FN3O4S. The molecule has 1 fully saturated rings. The highest BCUT2D eigenvalue weighted by Gasteiger charge is 2.35. The molecule has 3 aromatic rings. The Hall–Kier alpha value is -3.27. The third-order valence-electron chi connectivity index (χ3n) is 6.07. The number of hydrogen-bond acceptors (Lipinski definition) is 5. The first-order valence-corrected chi connectivity index (χ1v) is 12.7.